The number of fused-ring (bicyclic) bond motifs is 1. The molecule has 5 nitrogen and oxygen atoms in total. The van der Waals surface area contributed by atoms with Gasteiger partial charge in [-0.05, 0) is 13.5 Å². The van der Waals surface area contributed by atoms with Crippen molar-refractivity contribution < 1.29 is 4.79 Å². The summed E-state index contributed by atoms with van der Waals surface area (Å²) < 4.78 is 2.16. The number of likely N-dealkylation sites (N-methyl/N-ethyl adjacent to an activating group) is 1. The molecule has 5 heteroatoms. The van der Waals surface area contributed by atoms with Crippen LogP contribution in [-0.2, 0) is 17.8 Å². The highest BCUT2D eigenvalue weighted by atomic mass is 16.2. The predicted octanol–water partition coefficient (Wildman–Crippen LogP) is 0.219. The topological polar surface area (TPSA) is 41.4 Å². The van der Waals surface area contributed by atoms with Crippen LogP contribution in [0.15, 0.2) is 12.4 Å². The number of aryl methyl sites for hydroxylation is 1. The first-order valence-corrected chi connectivity index (χ1v) is 6.71. The number of imidazole rings is 1. The van der Waals surface area contributed by atoms with E-state index in [4.69, 9.17) is 0 Å². The zero-order valence-corrected chi connectivity index (χ0v) is 10.9. The minimum atomic E-state index is 0.142. The third-order valence-electron chi connectivity index (χ3n) is 4.11. The summed E-state index contributed by atoms with van der Waals surface area (Å²) in [6.45, 7) is 4.67. The van der Waals surface area contributed by atoms with Crippen LogP contribution in [-0.4, -0.2) is 58.5 Å². The van der Waals surface area contributed by atoms with E-state index in [1.165, 1.54) is 0 Å². The number of aromatic nitrogens is 2. The molecule has 3 heterocycles. The van der Waals surface area contributed by atoms with Crippen molar-refractivity contribution in [1.82, 2.24) is 19.4 Å². The largest absolute Gasteiger partial charge is 0.340 e. The monoisotopic (exact) mass is 248 g/mol. The molecule has 3 rings (SSSR count). The summed E-state index contributed by atoms with van der Waals surface area (Å²) in [7, 11) is 2.11. The van der Waals surface area contributed by atoms with Crippen molar-refractivity contribution in [3.05, 3.63) is 18.2 Å². The van der Waals surface area contributed by atoms with Crippen LogP contribution in [0.3, 0.4) is 0 Å². The Morgan fingerprint density at radius 2 is 2.06 bits per heavy atom. The van der Waals surface area contributed by atoms with E-state index in [-0.39, 0.29) is 5.92 Å². The summed E-state index contributed by atoms with van der Waals surface area (Å²) in [5, 5.41) is 0. The summed E-state index contributed by atoms with van der Waals surface area (Å²) in [6.07, 6.45) is 5.59. The van der Waals surface area contributed by atoms with E-state index >= 15 is 0 Å². The zero-order chi connectivity index (χ0) is 12.5. The first kappa shape index (κ1) is 11.7. The standard InChI is InChI=1S/C13H20N4O/c1-15-6-8-17(9-7-15)13(18)11-2-4-16-5-3-14-12(16)10-11/h3,5,11H,2,4,6-10H2,1H3. The van der Waals surface area contributed by atoms with Crippen molar-refractivity contribution in [2.24, 2.45) is 5.92 Å². The molecular weight excluding hydrogens is 228 g/mol. The van der Waals surface area contributed by atoms with E-state index in [1.807, 2.05) is 17.3 Å². The van der Waals surface area contributed by atoms with Gasteiger partial charge in [-0.3, -0.25) is 4.79 Å². The molecule has 1 aromatic heterocycles. The maximum absolute atomic E-state index is 12.5. The molecular formula is C13H20N4O. The molecule has 1 aromatic rings. The first-order valence-electron chi connectivity index (χ1n) is 6.71. The fourth-order valence-corrected chi connectivity index (χ4v) is 2.85. The predicted molar refractivity (Wildman–Crippen MR) is 68.1 cm³/mol. The van der Waals surface area contributed by atoms with Gasteiger partial charge in [0.1, 0.15) is 5.82 Å². The minimum Gasteiger partial charge on any atom is -0.340 e. The Balaban J connectivity index is 1.64. The second-order valence-corrected chi connectivity index (χ2v) is 5.36. The molecule has 18 heavy (non-hydrogen) atoms. The van der Waals surface area contributed by atoms with Crippen LogP contribution >= 0.6 is 0 Å². The Hall–Kier alpha value is -1.36. The zero-order valence-electron chi connectivity index (χ0n) is 10.9. The van der Waals surface area contributed by atoms with Crippen LogP contribution in [0.4, 0.5) is 0 Å². The minimum absolute atomic E-state index is 0.142. The Morgan fingerprint density at radius 3 is 2.83 bits per heavy atom. The first-order chi connectivity index (χ1) is 8.74. The number of nitrogens with zero attached hydrogens (tertiary/aromatic N) is 4. The molecule has 1 amide bonds. The van der Waals surface area contributed by atoms with Crippen molar-refractivity contribution in [2.45, 2.75) is 19.4 Å². The van der Waals surface area contributed by atoms with Crippen LogP contribution in [0.1, 0.15) is 12.2 Å². The Labute approximate surface area is 107 Å². The Bertz CT molecular complexity index is 434. The summed E-state index contributed by atoms with van der Waals surface area (Å²) in [5.41, 5.74) is 0. The highest BCUT2D eigenvalue weighted by Gasteiger charge is 2.30. The summed E-state index contributed by atoms with van der Waals surface area (Å²) in [5.74, 6) is 1.54. The van der Waals surface area contributed by atoms with Gasteiger partial charge in [-0.1, -0.05) is 0 Å². The van der Waals surface area contributed by atoms with Crippen molar-refractivity contribution >= 4 is 5.91 Å². The average molecular weight is 248 g/mol. The van der Waals surface area contributed by atoms with E-state index < -0.39 is 0 Å². The molecule has 2 aliphatic heterocycles. The summed E-state index contributed by atoms with van der Waals surface area (Å²) >= 11 is 0. The number of hydrogen-bond acceptors (Lipinski definition) is 3. The second-order valence-electron chi connectivity index (χ2n) is 5.36. The van der Waals surface area contributed by atoms with Gasteiger partial charge < -0.3 is 14.4 Å². The van der Waals surface area contributed by atoms with Crippen molar-refractivity contribution in [3.8, 4) is 0 Å². The molecule has 1 fully saturated rings. The molecule has 0 aliphatic carbocycles. The van der Waals surface area contributed by atoms with Gasteiger partial charge in [0.2, 0.25) is 5.91 Å². The van der Waals surface area contributed by atoms with Gasteiger partial charge in [-0.25, -0.2) is 4.98 Å². The van der Waals surface area contributed by atoms with Crippen molar-refractivity contribution in [1.29, 1.82) is 0 Å². The van der Waals surface area contributed by atoms with Crippen LogP contribution in [0.2, 0.25) is 0 Å². The smallest absolute Gasteiger partial charge is 0.226 e. The third-order valence-corrected chi connectivity index (χ3v) is 4.11. The maximum Gasteiger partial charge on any atom is 0.226 e. The number of hydrogen-bond donors (Lipinski definition) is 0. The molecule has 0 aromatic carbocycles. The number of amides is 1. The van der Waals surface area contributed by atoms with Gasteiger partial charge in [0.05, 0.1) is 0 Å². The fraction of sp³-hybridized carbons (Fsp3) is 0.692. The van der Waals surface area contributed by atoms with Crippen LogP contribution < -0.4 is 0 Å². The molecule has 98 valence electrons. The lowest BCUT2D eigenvalue weighted by Gasteiger charge is -2.35. The lowest BCUT2D eigenvalue weighted by Crippen LogP contribution is -2.49. The number of piperazine rings is 1. The van der Waals surface area contributed by atoms with Crippen LogP contribution in [0.25, 0.3) is 0 Å². The lowest BCUT2D eigenvalue weighted by atomic mass is 9.96. The number of carbonyl (C=O) groups is 1. The third kappa shape index (κ3) is 2.14. The van der Waals surface area contributed by atoms with Crippen molar-refractivity contribution in [2.75, 3.05) is 33.2 Å². The second kappa shape index (κ2) is 4.72. The molecule has 1 atom stereocenters. The van der Waals surface area contributed by atoms with E-state index in [0.717, 1.165) is 51.4 Å². The van der Waals surface area contributed by atoms with Gasteiger partial charge in [0.25, 0.3) is 0 Å². The van der Waals surface area contributed by atoms with Crippen LogP contribution in [0.5, 0.6) is 0 Å². The highest BCUT2D eigenvalue weighted by molar-refractivity contribution is 5.79. The van der Waals surface area contributed by atoms with Crippen molar-refractivity contribution in [3.63, 3.8) is 0 Å². The highest BCUT2D eigenvalue weighted by Crippen LogP contribution is 2.21. The SMILES string of the molecule is CN1CCN(C(=O)C2CCn3ccnc3C2)CC1. The number of rotatable bonds is 1. The van der Waals surface area contributed by atoms with Gasteiger partial charge in [0.15, 0.2) is 0 Å². The van der Waals surface area contributed by atoms with Crippen LogP contribution in [0, 0.1) is 5.92 Å². The molecule has 0 N–H and O–H groups in total. The normalized spacial score (nSPS) is 24.9. The Morgan fingerprint density at radius 1 is 1.28 bits per heavy atom. The van der Waals surface area contributed by atoms with Gasteiger partial charge >= 0.3 is 0 Å². The molecule has 0 radical (unpaired) electrons. The van der Waals surface area contributed by atoms with Gasteiger partial charge in [-0.2, -0.15) is 0 Å². The van der Waals surface area contributed by atoms with Gasteiger partial charge in [0, 0.05) is 57.5 Å². The molecule has 1 saturated heterocycles. The van der Waals surface area contributed by atoms with E-state index in [1.54, 1.807) is 0 Å². The van der Waals surface area contributed by atoms with E-state index in [2.05, 4.69) is 21.5 Å². The van der Waals surface area contributed by atoms with E-state index in [0.29, 0.717) is 5.91 Å². The quantitative estimate of drug-likeness (QED) is 0.714. The molecule has 0 spiro atoms. The number of carbonyl (C=O) groups excluding carboxylic acids is 1. The molecule has 0 bridgehead atoms. The maximum atomic E-state index is 12.5. The summed E-state index contributed by atoms with van der Waals surface area (Å²) in [6, 6.07) is 0. The lowest BCUT2D eigenvalue weighted by molar-refractivity contribution is -0.137. The molecule has 0 saturated carbocycles. The average Bonchev–Trinajstić information content (AvgIpc) is 2.86. The molecule has 1 unspecified atom stereocenters. The Kier molecular flexibility index (Phi) is 3.07. The van der Waals surface area contributed by atoms with Gasteiger partial charge in [-0.15, -0.1) is 0 Å². The molecule has 2 aliphatic rings. The summed E-state index contributed by atoms with van der Waals surface area (Å²) in [4.78, 5) is 21.1. The van der Waals surface area contributed by atoms with E-state index in [9.17, 15) is 4.79 Å². The fourth-order valence-electron chi connectivity index (χ4n) is 2.85.